The van der Waals surface area contributed by atoms with E-state index >= 15 is 0 Å². The zero-order chi connectivity index (χ0) is 15.6. The molecule has 1 aromatic heterocycles. The molecule has 0 aliphatic heterocycles. The molecule has 2 rings (SSSR count). The van der Waals surface area contributed by atoms with Gasteiger partial charge in [-0.1, -0.05) is 11.2 Å². The summed E-state index contributed by atoms with van der Waals surface area (Å²) in [5, 5.41) is 8.63. The van der Waals surface area contributed by atoms with Gasteiger partial charge >= 0.3 is 5.97 Å². The van der Waals surface area contributed by atoms with Crippen molar-refractivity contribution < 1.29 is 22.5 Å². The number of sulfonamides is 1. The standard InChI is InChI=1S/C12H13N3O5S/c1-7-3-4-9(5-10(7)21(13,17)18)12(16)19-6-11-14-8(2)15-20-11/h3-5H,6H2,1-2H3,(H2,13,17,18). The van der Waals surface area contributed by atoms with Gasteiger partial charge in [0.05, 0.1) is 10.5 Å². The predicted molar refractivity (Wildman–Crippen MR) is 70.7 cm³/mol. The van der Waals surface area contributed by atoms with Crippen LogP contribution in [-0.4, -0.2) is 24.5 Å². The second-order valence-electron chi connectivity index (χ2n) is 4.34. The van der Waals surface area contributed by atoms with E-state index in [0.29, 0.717) is 11.4 Å². The van der Waals surface area contributed by atoms with Crippen molar-refractivity contribution in [2.45, 2.75) is 25.3 Å². The summed E-state index contributed by atoms with van der Waals surface area (Å²) >= 11 is 0. The minimum atomic E-state index is -3.90. The molecule has 2 N–H and O–H groups in total. The fourth-order valence-corrected chi connectivity index (χ4v) is 2.45. The summed E-state index contributed by atoms with van der Waals surface area (Å²) in [5.74, 6) is -0.136. The van der Waals surface area contributed by atoms with Crippen molar-refractivity contribution in [3.63, 3.8) is 0 Å². The maximum absolute atomic E-state index is 11.9. The number of esters is 1. The van der Waals surface area contributed by atoms with Gasteiger partial charge < -0.3 is 9.26 Å². The Bertz CT molecular complexity index is 782. The number of hydrogen-bond acceptors (Lipinski definition) is 7. The summed E-state index contributed by atoms with van der Waals surface area (Å²) in [6, 6.07) is 4.10. The van der Waals surface area contributed by atoms with E-state index in [2.05, 4.69) is 10.1 Å². The summed E-state index contributed by atoms with van der Waals surface area (Å²) in [6.45, 7) is 3.02. The molecule has 0 saturated heterocycles. The molecule has 0 radical (unpaired) electrons. The first kappa shape index (κ1) is 15.1. The molecule has 0 amide bonds. The average Bonchev–Trinajstić information content (AvgIpc) is 2.81. The molecule has 0 bridgehead atoms. The number of nitrogens with two attached hydrogens (primary N) is 1. The topological polar surface area (TPSA) is 125 Å². The van der Waals surface area contributed by atoms with Crippen molar-refractivity contribution in [2.24, 2.45) is 5.14 Å². The third-order valence-electron chi connectivity index (χ3n) is 2.63. The Labute approximate surface area is 121 Å². The number of carbonyl (C=O) groups is 1. The Kier molecular flexibility index (Phi) is 4.05. The third-order valence-corrected chi connectivity index (χ3v) is 3.68. The lowest BCUT2D eigenvalue weighted by Gasteiger charge is -2.06. The van der Waals surface area contributed by atoms with Crippen molar-refractivity contribution >= 4 is 16.0 Å². The molecule has 21 heavy (non-hydrogen) atoms. The number of aromatic nitrogens is 2. The lowest BCUT2D eigenvalue weighted by molar-refractivity contribution is 0.0429. The molecule has 0 unspecified atom stereocenters. The van der Waals surface area contributed by atoms with E-state index in [1.807, 2.05) is 0 Å². The van der Waals surface area contributed by atoms with Gasteiger partial charge in [0.25, 0.3) is 5.89 Å². The second kappa shape index (κ2) is 5.62. The Morgan fingerprint density at radius 2 is 2.10 bits per heavy atom. The van der Waals surface area contributed by atoms with Crippen LogP contribution in [0.1, 0.15) is 27.6 Å². The lowest BCUT2D eigenvalue weighted by Crippen LogP contribution is -2.15. The molecule has 0 saturated carbocycles. The number of primary sulfonamides is 1. The number of ether oxygens (including phenoxy) is 1. The Morgan fingerprint density at radius 1 is 1.38 bits per heavy atom. The maximum Gasteiger partial charge on any atom is 0.338 e. The largest absolute Gasteiger partial charge is 0.452 e. The monoisotopic (exact) mass is 311 g/mol. The van der Waals surface area contributed by atoms with Crippen LogP contribution in [0.3, 0.4) is 0 Å². The summed E-state index contributed by atoms with van der Waals surface area (Å²) in [7, 11) is -3.90. The summed E-state index contributed by atoms with van der Waals surface area (Å²) in [4.78, 5) is 15.6. The van der Waals surface area contributed by atoms with Crippen LogP contribution in [0.4, 0.5) is 0 Å². The molecule has 0 aliphatic carbocycles. The molecule has 112 valence electrons. The van der Waals surface area contributed by atoms with E-state index in [9.17, 15) is 13.2 Å². The molecule has 1 aromatic carbocycles. The highest BCUT2D eigenvalue weighted by molar-refractivity contribution is 7.89. The van der Waals surface area contributed by atoms with E-state index in [1.54, 1.807) is 13.8 Å². The van der Waals surface area contributed by atoms with Crippen LogP contribution < -0.4 is 5.14 Å². The smallest absolute Gasteiger partial charge is 0.338 e. The number of nitrogens with zero attached hydrogens (tertiary/aromatic N) is 2. The van der Waals surface area contributed by atoms with Crippen molar-refractivity contribution in [3.05, 3.63) is 41.0 Å². The third kappa shape index (κ3) is 3.64. The maximum atomic E-state index is 11.9. The van der Waals surface area contributed by atoms with Crippen LogP contribution in [0.5, 0.6) is 0 Å². The Morgan fingerprint density at radius 3 is 2.67 bits per heavy atom. The highest BCUT2D eigenvalue weighted by atomic mass is 32.2. The van der Waals surface area contributed by atoms with Crippen LogP contribution in [0.25, 0.3) is 0 Å². The molecule has 1 heterocycles. The Balaban J connectivity index is 2.16. The molecule has 0 spiro atoms. The van der Waals surface area contributed by atoms with Crippen molar-refractivity contribution in [2.75, 3.05) is 0 Å². The van der Waals surface area contributed by atoms with Gasteiger partial charge in [-0.25, -0.2) is 18.4 Å². The molecule has 2 aromatic rings. The lowest BCUT2D eigenvalue weighted by atomic mass is 10.1. The molecular formula is C12H13N3O5S. The van der Waals surface area contributed by atoms with Gasteiger partial charge in [0.2, 0.25) is 10.0 Å². The first-order chi connectivity index (χ1) is 9.77. The predicted octanol–water partition coefficient (Wildman–Crippen LogP) is 0.691. The highest BCUT2D eigenvalue weighted by Crippen LogP contribution is 2.16. The van der Waals surface area contributed by atoms with Crippen LogP contribution >= 0.6 is 0 Å². The SMILES string of the molecule is Cc1noc(COC(=O)c2ccc(C)c(S(N)(=O)=O)c2)n1. The van der Waals surface area contributed by atoms with Gasteiger partial charge in [0, 0.05) is 0 Å². The minimum Gasteiger partial charge on any atom is -0.452 e. The highest BCUT2D eigenvalue weighted by Gasteiger charge is 2.16. The van der Waals surface area contributed by atoms with E-state index < -0.39 is 16.0 Å². The number of aryl methyl sites for hydroxylation is 2. The quantitative estimate of drug-likeness (QED) is 0.823. The zero-order valence-corrected chi connectivity index (χ0v) is 12.2. The number of benzene rings is 1. The van der Waals surface area contributed by atoms with Crippen molar-refractivity contribution in [1.82, 2.24) is 10.1 Å². The average molecular weight is 311 g/mol. The van der Waals surface area contributed by atoms with E-state index in [1.165, 1.54) is 18.2 Å². The molecule has 0 atom stereocenters. The molecule has 0 aliphatic rings. The van der Waals surface area contributed by atoms with Gasteiger partial charge in [-0.05, 0) is 31.5 Å². The fraction of sp³-hybridized carbons (Fsp3) is 0.250. The van der Waals surface area contributed by atoms with E-state index in [4.69, 9.17) is 14.4 Å². The first-order valence-electron chi connectivity index (χ1n) is 5.87. The second-order valence-corrected chi connectivity index (χ2v) is 5.87. The fourth-order valence-electron chi connectivity index (χ4n) is 1.64. The van der Waals surface area contributed by atoms with Gasteiger partial charge in [0.1, 0.15) is 0 Å². The molecule has 8 nitrogen and oxygen atoms in total. The van der Waals surface area contributed by atoms with E-state index in [-0.39, 0.29) is 23.0 Å². The van der Waals surface area contributed by atoms with Gasteiger partial charge in [0.15, 0.2) is 12.4 Å². The van der Waals surface area contributed by atoms with Gasteiger partial charge in [-0.3, -0.25) is 0 Å². The summed E-state index contributed by atoms with van der Waals surface area (Å²) in [6.07, 6.45) is 0. The Hall–Kier alpha value is -2.26. The molecule has 9 heteroatoms. The van der Waals surface area contributed by atoms with Gasteiger partial charge in [-0.15, -0.1) is 0 Å². The first-order valence-corrected chi connectivity index (χ1v) is 7.42. The normalized spacial score (nSPS) is 11.4. The minimum absolute atomic E-state index is 0.0702. The van der Waals surface area contributed by atoms with Crippen molar-refractivity contribution in [3.8, 4) is 0 Å². The summed E-state index contributed by atoms with van der Waals surface area (Å²) in [5.41, 5.74) is 0.516. The number of rotatable bonds is 4. The number of hydrogen-bond donors (Lipinski definition) is 1. The molecule has 0 fully saturated rings. The van der Waals surface area contributed by atoms with Gasteiger partial charge in [-0.2, -0.15) is 4.98 Å². The molecular weight excluding hydrogens is 298 g/mol. The number of carbonyl (C=O) groups excluding carboxylic acids is 1. The van der Waals surface area contributed by atoms with Crippen LogP contribution in [-0.2, 0) is 21.4 Å². The van der Waals surface area contributed by atoms with Crippen LogP contribution in [0.15, 0.2) is 27.6 Å². The van der Waals surface area contributed by atoms with Crippen LogP contribution in [0.2, 0.25) is 0 Å². The zero-order valence-electron chi connectivity index (χ0n) is 11.4. The van der Waals surface area contributed by atoms with Crippen LogP contribution in [0, 0.1) is 13.8 Å². The van der Waals surface area contributed by atoms with Crippen molar-refractivity contribution in [1.29, 1.82) is 0 Å². The summed E-state index contributed by atoms with van der Waals surface area (Å²) < 4.78 is 32.6. The van der Waals surface area contributed by atoms with E-state index in [0.717, 1.165) is 0 Å².